The summed E-state index contributed by atoms with van der Waals surface area (Å²) in [6.45, 7) is 0. The minimum absolute atomic E-state index is 0.332. The minimum Gasteiger partial charge on any atom is -0.236 e. The summed E-state index contributed by atoms with van der Waals surface area (Å²) in [6, 6.07) is 41.6. The van der Waals surface area contributed by atoms with Crippen LogP contribution in [0.25, 0.3) is 41.6 Å². The van der Waals surface area contributed by atoms with Gasteiger partial charge < -0.3 is 0 Å². The molecular weight excluding hydrogens is 533 g/mol. The van der Waals surface area contributed by atoms with Gasteiger partial charge in [0, 0.05) is 26.8 Å². The first kappa shape index (κ1) is 23.1. The lowest BCUT2D eigenvalue weighted by Crippen LogP contribution is -2.05. The van der Waals surface area contributed by atoms with Crippen LogP contribution in [0.15, 0.2) is 125 Å². The molecule has 0 N–H and O–H groups in total. The summed E-state index contributed by atoms with van der Waals surface area (Å²) in [5.74, 6) is 0.332. The summed E-state index contributed by atoms with van der Waals surface area (Å²) in [7, 11) is 0. The van der Waals surface area contributed by atoms with Crippen molar-refractivity contribution in [1.29, 1.82) is 0 Å². The van der Waals surface area contributed by atoms with E-state index in [1.165, 1.54) is 35.9 Å². The highest BCUT2D eigenvalue weighted by molar-refractivity contribution is 7.99. The van der Waals surface area contributed by atoms with Gasteiger partial charge in [0.2, 0.25) is 0 Å². The second kappa shape index (κ2) is 9.45. The first-order valence-corrected chi connectivity index (χ1v) is 15.4. The zero-order valence-corrected chi connectivity index (χ0v) is 23.3. The number of thiazole rings is 2. The van der Waals surface area contributed by atoms with Crippen LogP contribution in [0.4, 0.5) is 0 Å². The van der Waals surface area contributed by atoms with Crippen LogP contribution >= 0.6 is 34.4 Å². The van der Waals surface area contributed by atoms with E-state index in [2.05, 4.69) is 109 Å². The fraction of sp³-hybridized carbons (Fsp3) is 0.0588. The highest BCUT2D eigenvalue weighted by Crippen LogP contribution is 2.44. The van der Waals surface area contributed by atoms with Crippen molar-refractivity contribution in [3.05, 3.63) is 132 Å². The van der Waals surface area contributed by atoms with Crippen LogP contribution in [0, 0.1) is 0 Å². The molecule has 1 aliphatic rings. The molecule has 0 bridgehead atoms. The van der Waals surface area contributed by atoms with E-state index < -0.39 is 0 Å². The Morgan fingerprint density at radius 2 is 1.15 bits per heavy atom. The predicted octanol–water partition coefficient (Wildman–Crippen LogP) is 10.1. The average Bonchev–Trinajstić information content (AvgIpc) is 3.55. The lowest BCUT2D eigenvalue weighted by Gasteiger charge is -2.18. The van der Waals surface area contributed by atoms with Gasteiger partial charge in [-0.2, -0.15) is 0 Å². The van der Waals surface area contributed by atoms with Crippen molar-refractivity contribution in [2.75, 3.05) is 0 Å². The van der Waals surface area contributed by atoms with Gasteiger partial charge in [-0.15, -0.1) is 22.7 Å². The highest BCUT2D eigenvalue weighted by Gasteiger charge is 2.24. The summed E-state index contributed by atoms with van der Waals surface area (Å²) < 4.78 is 2.36. The summed E-state index contributed by atoms with van der Waals surface area (Å²) in [6.07, 6.45) is 1.01. The molecule has 0 fully saturated rings. The Morgan fingerprint density at radius 3 is 1.87 bits per heavy atom. The molecule has 39 heavy (non-hydrogen) atoms. The number of benzene rings is 5. The molecule has 0 spiro atoms. The van der Waals surface area contributed by atoms with Gasteiger partial charge in [-0.25, -0.2) is 9.97 Å². The monoisotopic (exact) mass is 554 g/mol. The molecule has 3 heterocycles. The second-order valence-electron chi connectivity index (χ2n) is 9.82. The molecule has 1 unspecified atom stereocenters. The van der Waals surface area contributed by atoms with E-state index in [-0.39, 0.29) is 0 Å². The van der Waals surface area contributed by atoms with E-state index in [1.54, 1.807) is 22.7 Å². The van der Waals surface area contributed by atoms with Crippen LogP contribution in [0.3, 0.4) is 0 Å². The van der Waals surface area contributed by atoms with Crippen molar-refractivity contribution >= 4 is 54.9 Å². The molecular formula is C34H22N2S3. The molecule has 5 heteroatoms. The number of hydrogen-bond acceptors (Lipinski definition) is 5. The van der Waals surface area contributed by atoms with E-state index >= 15 is 0 Å². The van der Waals surface area contributed by atoms with Crippen molar-refractivity contribution < 1.29 is 0 Å². The van der Waals surface area contributed by atoms with Crippen molar-refractivity contribution in [1.82, 2.24) is 9.97 Å². The maximum atomic E-state index is 5.03. The topological polar surface area (TPSA) is 25.8 Å². The van der Waals surface area contributed by atoms with Gasteiger partial charge in [0.25, 0.3) is 0 Å². The average molecular weight is 555 g/mol. The number of aromatic nitrogens is 2. The smallest absolute Gasteiger partial charge is 0.124 e. The highest BCUT2D eigenvalue weighted by atomic mass is 32.2. The fourth-order valence-electron chi connectivity index (χ4n) is 5.41. The Kier molecular flexibility index (Phi) is 5.61. The molecule has 0 amide bonds. The van der Waals surface area contributed by atoms with Crippen molar-refractivity contribution in [3.63, 3.8) is 0 Å². The Morgan fingerprint density at radius 1 is 0.564 bits per heavy atom. The molecule has 2 nitrogen and oxygen atoms in total. The molecule has 7 aromatic rings. The first-order valence-electron chi connectivity index (χ1n) is 13.0. The Balaban J connectivity index is 1.13. The quantitative estimate of drug-likeness (QED) is 0.217. The van der Waals surface area contributed by atoms with Gasteiger partial charge in [0.05, 0.1) is 20.4 Å². The van der Waals surface area contributed by atoms with Gasteiger partial charge in [-0.3, -0.25) is 0 Å². The molecule has 0 saturated carbocycles. The molecule has 0 aliphatic carbocycles. The van der Waals surface area contributed by atoms with E-state index in [9.17, 15) is 0 Å². The van der Waals surface area contributed by atoms with Gasteiger partial charge in [-0.1, -0.05) is 103 Å². The van der Waals surface area contributed by atoms with Gasteiger partial charge >= 0.3 is 0 Å². The van der Waals surface area contributed by atoms with E-state index in [1.807, 2.05) is 17.8 Å². The molecule has 5 aromatic carbocycles. The second-order valence-corrected chi connectivity index (χ2v) is 13.0. The lowest BCUT2D eigenvalue weighted by molar-refractivity contribution is 0.785. The van der Waals surface area contributed by atoms with Crippen LogP contribution in [0.2, 0.25) is 0 Å². The first-order chi connectivity index (χ1) is 19.3. The van der Waals surface area contributed by atoms with Crippen LogP contribution in [-0.2, 0) is 6.42 Å². The van der Waals surface area contributed by atoms with E-state index in [4.69, 9.17) is 9.97 Å². The summed E-state index contributed by atoms with van der Waals surface area (Å²) in [5, 5.41) is 2.11. The number of fused-ring (bicyclic) bond motifs is 4. The van der Waals surface area contributed by atoms with Crippen LogP contribution in [-0.4, -0.2) is 9.97 Å². The molecule has 1 aliphatic heterocycles. The minimum atomic E-state index is 0.332. The Labute approximate surface area is 239 Å². The molecule has 1 atom stereocenters. The zero-order chi connectivity index (χ0) is 25.8. The van der Waals surface area contributed by atoms with Gasteiger partial charge in [-0.05, 0) is 47.4 Å². The number of hydrogen-bond donors (Lipinski definition) is 0. The Bertz CT molecular complexity index is 1920. The molecule has 0 saturated heterocycles. The molecule has 0 radical (unpaired) electrons. The standard InChI is InChI=1S/C34H22N2S3/c1-2-8-22(9-3-1)33-35-27-19-32-28(20-31(27)38-33)36-34(39-32)23-16-14-21(15-17-23)26-18-24-10-4-6-12-29(24)37-30-13-7-5-11-25(26)30/h1-17,19-20,26H,18H2. The van der Waals surface area contributed by atoms with Gasteiger partial charge in [0.1, 0.15) is 10.0 Å². The number of nitrogens with zero attached hydrogens (tertiary/aromatic N) is 2. The fourth-order valence-corrected chi connectivity index (χ4v) is 8.53. The molecule has 8 rings (SSSR count). The largest absolute Gasteiger partial charge is 0.236 e. The maximum absolute atomic E-state index is 5.03. The SMILES string of the molecule is c1ccc(-c2nc3cc4sc(-c5ccc(C6Cc7ccccc7Sc7ccccc76)cc5)nc4cc3s2)cc1. The third-order valence-corrected chi connectivity index (χ3v) is 10.7. The number of rotatable bonds is 3. The maximum Gasteiger partial charge on any atom is 0.124 e. The third-order valence-electron chi connectivity index (χ3n) is 7.39. The lowest BCUT2D eigenvalue weighted by atomic mass is 9.85. The molecule has 186 valence electrons. The summed E-state index contributed by atoms with van der Waals surface area (Å²) in [5.41, 5.74) is 8.59. The predicted molar refractivity (Wildman–Crippen MR) is 166 cm³/mol. The van der Waals surface area contributed by atoms with Gasteiger partial charge in [0.15, 0.2) is 0 Å². The van der Waals surface area contributed by atoms with Crippen LogP contribution in [0.5, 0.6) is 0 Å². The van der Waals surface area contributed by atoms with E-state index in [0.717, 1.165) is 38.6 Å². The van der Waals surface area contributed by atoms with Crippen molar-refractivity contribution in [3.8, 4) is 21.1 Å². The van der Waals surface area contributed by atoms with E-state index in [0.29, 0.717) is 5.92 Å². The normalized spacial score (nSPS) is 14.7. The molecule has 2 aromatic heterocycles. The van der Waals surface area contributed by atoms with Crippen LogP contribution in [0.1, 0.15) is 22.6 Å². The third kappa shape index (κ3) is 4.18. The summed E-state index contributed by atoms with van der Waals surface area (Å²) >= 11 is 5.37. The summed E-state index contributed by atoms with van der Waals surface area (Å²) in [4.78, 5) is 12.7. The van der Waals surface area contributed by atoms with Crippen molar-refractivity contribution in [2.45, 2.75) is 22.1 Å². The van der Waals surface area contributed by atoms with Crippen LogP contribution < -0.4 is 0 Å². The Hall–Kier alpha value is -3.77. The van der Waals surface area contributed by atoms with Crippen molar-refractivity contribution in [2.24, 2.45) is 0 Å². The zero-order valence-electron chi connectivity index (χ0n) is 20.9.